The van der Waals surface area contributed by atoms with E-state index in [0.29, 0.717) is 24.5 Å². The number of hydrogen-bond donors (Lipinski definition) is 1. The lowest BCUT2D eigenvalue weighted by Gasteiger charge is -2.10. The molecule has 0 atom stereocenters. The van der Waals surface area contributed by atoms with Crippen LogP contribution in [0.2, 0.25) is 0 Å². The Labute approximate surface area is 123 Å². The molecule has 1 aromatic carbocycles. The maximum Gasteiger partial charge on any atom is 0.292 e. The number of amides is 1. The lowest BCUT2D eigenvalue weighted by atomic mass is 10.1. The van der Waals surface area contributed by atoms with Gasteiger partial charge in [-0.3, -0.25) is 10.1 Å². The molecule has 0 bridgehead atoms. The molecule has 21 heavy (non-hydrogen) atoms. The van der Waals surface area contributed by atoms with E-state index in [4.69, 9.17) is 9.15 Å². The molecule has 0 fully saturated rings. The molecule has 0 unspecified atom stereocenters. The zero-order valence-electron chi connectivity index (χ0n) is 12.1. The van der Waals surface area contributed by atoms with Crippen molar-refractivity contribution in [3.63, 3.8) is 0 Å². The first-order chi connectivity index (χ1) is 10.2. The Kier molecular flexibility index (Phi) is 5.15. The number of carbonyl (C=O) groups excluding carboxylic acids is 1. The van der Waals surface area contributed by atoms with E-state index >= 15 is 0 Å². The summed E-state index contributed by atoms with van der Waals surface area (Å²) in [7, 11) is 0. The summed E-state index contributed by atoms with van der Waals surface area (Å²) < 4.78 is 10.5. The molecule has 2 rings (SSSR count). The number of benzene rings is 1. The second kappa shape index (κ2) is 7.28. The Balaban J connectivity index is 2.07. The first kappa shape index (κ1) is 14.8. The number of aliphatic imine (C=N–C) groups is 1. The van der Waals surface area contributed by atoms with Crippen LogP contribution < -0.4 is 5.32 Å². The van der Waals surface area contributed by atoms with E-state index in [1.165, 1.54) is 0 Å². The highest BCUT2D eigenvalue weighted by Crippen LogP contribution is 2.07. The van der Waals surface area contributed by atoms with Crippen molar-refractivity contribution in [1.29, 1.82) is 0 Å². The van der Waals surface area contributed by atoms with Gasteiger partial charge in [-0.05, 0) is 37.6 Å². The third kappa shape index (κ3) is 4.21. The van der Waals surface area contributed by atoms with Crippen LogP contribution in [0.25, 0.3) is 0 Å². The maximum atomic E-state index is 12.2. The Bertz CT molecular complexity index is 618. The maximum absolute atomic E-state index is 12.2. The van der Waals surface area contributed by atoms with Gasteiger partial charge in [0.2, 0.25) is 0 Å². The van der Waals surface area contributed by atoms with Gasteiger partial charge in [0.05, 0.1) is 12.9 Å². The van der Waals surface area contributed by atoms with Crippen molar-refractivity contribution < 1.29 is 13.9 Å². The Morgan fingerprint density at radius 2 is 2.10 bits per heavy atom. The molecule has 1 amide bonds. The average molecular weight is 286 g/mol. The van der Waals surface area contributed by atoms with E-state index < -0.39 is 0 Å². The molecule has 0 saturated heterocycles. The van der Waals surface area contributed by atoms with E-state index in [2.05, 4.69) is 10.3 Å². The number of aryl methyl sites for hydroxylation is 1. The van der Waals surface area contributed by atoms with Gasteiger partial charge in [0.1, 0.15) is 12.3 Å². The lowest BCUT2D eigenvalue weighted by Crippen LogP contribution is -2.33. The summed E-state index contributed by atoms with van der Waals surface area (Å²) in [6.07, 6.45) is 1.58. The molecule has 5 heteroatoms. The quantitative estimate of drug-likeness (QED) is 0.694. The van der Waals surface area contributed by atoms with Crippen LogP contribution in [0.1, 0.15) is 28.6 Å². The molecule has 0 radical (unpaired) electrons. The van der Waals surface area contributed by atoms with Crippen molar-refractivity contribution in [2.75, 3.05) is 6.61 Å². The molecule has 0 saturated carbocycles. The van der Waals surface area contributed by atoms with Crippen molar-refractivity contribution in [3.8, 4) is 0 Å². The van der Waals surface area contributed by atoms with Gasteiger partial charge >= 0.3 is 0 Å². The molecule has 0 spiro atoms. The van der Waals surface area contributed by atoms with Gasteiger partial charge in [0.25, 0.3) is 11.9 Å². The minimum Gasteiger partial charge on any atom is -0.467 e. The predicted molar refractivity (Wildman–Crippen MR) is 80.1 cm³/mol. The highest BCUT2D eigenvalue weighted by atomic mass is 16.5. The number of amidine groups is 1. The zero-order chi connectivity index (χ0) is 15.1. The van der Waals surface area contributed by atoms with Gasteiger partial charge in [0, 0.05) is 5.56 Å². The van der Waals surface area contributed by atoms with Crippen molar-refractivity contribution >= 4 is 11.9 Å². The molecule has 5 nitrogen and oxygen atoms in total. The summed E-state index contributed by atoms with van der Waals surface area (Å²) >= 11 is 0. The van der Waals surface area contributed by atoms with Gasteiger partial charge in [-0.1, -0.05) is 18.2 Å². The van der Waals surface area contributed by atoms with E-state index in [1.807, 2.05) is 38.1 Å². The molecule has 0 aliphatic carbocycles. The fraction of sp³-hybridized carbons (Fsp3) is 0.250. The second-order valence-electron chi connectivity index (χ2n) is 4.40. The van der Waals surface area contributed by atoms with Crippen LogP contribution >= 0.6 is 0 Å². The van der Waals surface area contributed by atoms with Gasteiger partial charge in [0.15, 0.2) is 0 Å². The monoisotopic (exact) mass is 286 g/mol. The second-order valence-corrected chi connectivity index (χ2v) is 4.40. The summed E-state index contributed by atoms with van der Waals surface area (Å²) in [6.45, 7) is 4.46. The first-order valence-electron chi connectivity index (χ1n) is 6.77. The molecular weight excluding hydrogens is 268 g/mol. The summed E-state index contributed by atoms with van der Waals surface area (Å²) in [5, 5.41) is 2.68. The standard InChI is InChI=1S/C16H18N2O3/c1-3-20-16(17-11-13-8-6-10-21-13)18-15(19)14-9-5-4-7-12(14)2/h4-10H,3,11H2,1-2H3,(H,17,18,19). The molecule has 2 aromatic rings. The number of ether oxygens (including phenoxy) is 1. The van der Waals surface area contributed by atoms with Crippen LogP contribution in [-0.4, -0.2) is 18.5 Å². The van der Waals surface area contributed by atoms with Crippen LogP contribution in [0.4, 0.5) is 0 Å². The van der Waals surface area contributed by atoms with Crippen LogP contribution in [0, 0.1) is 6.92 Å². The molecule has 0 aliphatic rings. The highest BCUT2D eigenvalue weighted by molar-refractivity contribution is 6.04. The fourth-order valence-corrected chi connectivity index (χ4v) is 1.80. The average Bonchev–Trinajstić information content (AvgIpc) is 2.98. The highest BCUT2D eigenvalue weighted by Gasteiger charge is 2.11. The fourth-order valence-electron chi connectivity index (χ4n) is 1.80. The molecule has 110 valence electrons. The van der Waals surface area contributed by atoms with E-state index in [1.54, 1.807) is 18.4 Å². The molecule has 0 aliphatic heterocycles. The minimum atomic E-state index is -0.236. The van der Waals surface area contributed by atoms with Gasteiger partial charge < -0.3 is 9.15 Å². The van der Waals surface area contributed by atoms with Gasteiger partial charge in [-0.2, -0.15) is 0 Å². The van der Waals surface area contributed by atoms with E-state index in [-0.39, 0.29) is 11.9 Å². The lowest BCUT2D eigenvalue weighted by molar-refractivity contribution is 0.0965. The van der Waals surface area contributed by atoms with Gasteiger partial charge in [-0.15, -0.1) is 0 Å². The van der Waals surface area contributed by atoms with Crippen molar-refractivity contribution in [2.45, 2.75) is 20.4 Å². The smallest absolute Gasteiger partial charge is 0.292 e. The van der Waals surface area contributed by atoms with E-state index in [0.717, 1.165) is 5.56 Å². The summed E-state index contributed by atoms with van der Waals surface area (Å²) in [4.78, 5) is 16.4. The number of rotatable bonds is 4. The third-order valence-electron chi connectivity index (χ3n) is 2.85. The van der Waals surface area contributed by atoms with E-state index in [9.17, 15) is 4.79 Å². The predicted octanol–water partition coefficient (Wildman–Crippen LogP) is 2.91. The normalized spacial score (nSPS) is 11.2. The Hall–Kier alpha value is -2.56. The number of nitrogens with one attached hydrogen (secondary N) is 1. The van der Waals surface area contributed by atoms with Crippen LogP contribution in [0.15, 0.2) is 52.1 Å². The van der Waals surface area contributed by atoms with Gasteiger partial charge in [-0.25, -0.2) is 4.99 Å². The van der Waals surface area contributed by atoms with Crippen LogP contribution in [-0.2, 0) is 11.3 Å². The number of nitrogens with zero attached hydrogens (tertiary/aromatic N) is 1. The molecule has 1 heterocycles. The SMILES string of the molecule is CCOC(=NCc1ccco1)NC(=O)c1ccccc1C. The summed E-state index contributed by atoms with van der Waals surface area (Å²) in [5.41, 5.74) is 1.50. The first-order valence-corrected chi connectivity index (χ1v) is 6.77. The number of carbonyl (C=O) groups is 1. The third-order valence-corrected chi connectivity index (χ3v) is 2.85. The van der Waals surface area contributed by atoms with Crippen LogP contribution in [0.5, 0.6) is 0 Å². The largest absolute Gasteiger partial charge is 0.467 e. The summed E-state index contributed by atoms with van der Waals surface area (Å²) in [5.74, 6) is 0.470. The summed E-state index contributed by atoms with van der Waals surface area (Å²) in [6, 6.07) is 11.2. The van der Waals surface area contributed by atoms with Crippen molar-refractivity contribution in [3.05, 3.63) is 59.5 Å². The van der Waals surface area contributed by atoms with Crippen molar-refractivity contribution in [1.82, 2.24) is 5.32 Å². The Morgan fingerprint density at radius 3 is 2.76 bits per heavy atom. The molecule has 1 aromatic heterocycles. The topological polar surface area (TPSA) is 63.8 Å². The number of furan rings is 1. The molecule has 1 N–H and O–H groups in total. The number of hydrogen-bond acceptors (Lipinski definition) is 4. The molecular formula is C16H18N2O3. The van der Waals surface area contributed by atoms with Crippen molar-refractivity contribution in [2.24, 2.45) is 4.99 Å². The van der Waals surface area contributed by atoms with Crippen LogP contribution in [0.3, 0.4) is 0 Å². The zero-order valence-corrected chi connectivity index (χ0v) is 12.1. The Morgan fingerprint density at radius 1 is 1.29 bits per heavy atom. The minimum absolute atomic E-state index is 0.196.